The van der Waals surface area contributed by atoms with Crippen LogP contribution in [0.25, 0.3) is 0 Å². The second-order valence-electron chi connectivity index (χ2n) is 1.39. The Bertz CT molecular complexity index is 87.1. The molecule has 0 aromatic carbocycles. The van der Waals surface area contributed by atoms with E-state index >= 15 is 0 Å². The highest BCUT2D eigenvalue weighted by Crippen LogP contribution is 2.07. The lowest BCUT2D eigenvalue weighted by molar-refractivity contribution is 0.418. The van der Waals surface area contributed by atoms with Crippen LogP contribution in [0.5, 0.6) is 0 Å². The summed E-state index contributed by atoms with van der Waals surface area (Å²) >= 11 is 1.55. The molecular weight excluding hydrogens is 142 g/mol. The molecule has 0 aromatic rings. The van der Waals surface area contributed by atoms with Crippen LogP contribution in [-0.4, -0.2) is 5.75 Å². The molecule has 0 aromatic heterocycles. The maximum Gasteiger partial charge on any atom is 0.266 e. The average Bonchev–Trinajstić information content (AvgIpc) is 1.80. The minimum absolute atomic E-state index is 0.456. The molecule has 0 bridgehead atoms. The zero-order chi connectivity index (χ0) is 7.11. The van der Waals surface area contributed by atoms with Gasteiger partial charge in [0.05, 0.1) is 0 Å². The summed E-state index contributed by atoms with van der Waals surface area (Å²) in [6.07, 6.45) is -0.180. The maximum atomic E-state index is 11.3. The molecule has 0 fully saturated rings. The van der Waals surface area contributed by atoms with Crippen LogP contribution in [0.4, 0.5) is 8.78 Å². The summed E-state index contributed by atoms with van der Waals surface area (Å²) < 4.78 is 22.6. The third-order valence-corrected chi connectivity index (χ3v) is 1.51. The Morgan fingerprint density at radius 3 is 2.67 bits per heavy atom. The lowest BCUT2D eigenvalue weighted by atomic mass is 10.5. The van der Waals surface area contributed by atoms with E-state index in [-0.39, 0.29) is 0 Å². The van der Waals surface area contributed by atoms with Crippen molar-refractivity contribution in [1.29, 1.82) is 0 Å². The van der Waals surface area contributed by atoms with Gasteiger partial charge in [-0.15, -0.1) is 0 Å². The van der Waals surface area contributed by atoms with Crippen LogP contribution in [0.3, 0.4) is 0 Å². The van der Waals surface area contributed by atoms with Gasteiger partial charge in [0.15, 0.2) is 0 Å². The van der Waals surface area contributed by atoms with Gasteiger partial charge in [-0.3, -0.25) is 0 Å². The van der Waals surface area contributed by atoms with Crippen molar-refractivity contribution in [3.63, 3.8) is 0 Å². The zero-order valence-electron chi connectivity index (χ0n) is 5.23. The van der Waals surface area contributed by atoms with E-state index in [1.54, 1.807) is 11.8 Å². The fourth-order valence-electron chi connectivity index (χ4n) is 0.354. The van der Waals surface area contributed by atoms with Gasteiger partial charge in [-0.2, -0.15) is 20.5 Å². The van der Waals surface area contributed by atoms with Crippen molar-refractivity contribution in [3.8, 4) is 0 Å². The molecule has 9 heavy (non-hydrogen) atoms. The third kappa shape index (κ3) is 7.95. The van der Waals surface area contributed by atoms with E-state index in [9.17, 15) is 8.78 Å². The highest BCUT2D eigenvalue weighted by atomic mass is 32.2. The van der Waals surface area contributed by atoms with Gasteiger partial charge < -0.3 is 0 Å². The first-order valence-electron chi connectivity index (χ1n) is 2.68. The van der Waals surface area contributed by atoms with E-state index in [0.29, 0.717) is 6.42 Å². The summed E-state index contributed by atoms with van der Waals surface area (Å²) in [7, 11) is 0. The summed E-state index contributed by atoms with van der Waals surface area (Å²) in [6.45, 7) is 1.89. The number of allylic oxidation sites excluding steroid dienone is 1. The SMILES string of the molecule is C[CH]SCCC=C(F)F. The largest absolute Gasteiger partial charge is 0.266 e. The fraction of sp³-hybridized carbons (Fsp3) is 0.500. The topological polar surface area (TPSA) is 0 Å². The Labute approximate surface area is 58.3 Å². The van der Waals surface area contributed by atoms with Gasteiger partial charge in [0.25, 0.3) is 6.08 Å². The predicted octanol–water partition coefficient (Wildman–Crippen LogP) is 3.07. The molecule has 0 atom stereocenters. The van der Waals surface area contributed by atoms with Crippen molar-refractivity contribution in [2.24, 2.45) is 0 Å². The van der Waals surface area contributed by atoms with Gasteiger partial charge in [-0.1, -0.05) is 6.92 Å². The molecule has 0 aliphatic rings. The fourth-order valence-corrected chi connectivity index (χ4v) is 0.844. The molecule has 0 N–H and O–H groups in total. The smallest absolute Gasteiger partial charge is 0.174 e. The molecule has 0 aliphatic heterocycles. The van der Waals surface area contributed by atoms with Gasteiger partial charge >= 0.3 is 0 Å². The van der Waals surface area contributed by atoms with E-state index in [4.69, 9.17) is 0 Å². The molecule has 0 nitrogen and oxygen atoms in total. The Hall–Kier alpha value is -0.0500. The summed E-state index contributed by atoms with van der Waals surface area (Å²) in [6, 6.07) is 0. The van der Waals surface area contributed by atoms with E-state index < -0.39 is 6.08 Å². The molecule has 0 rings (SSSR count). The maximum absolute atomic E-state index is 11.3. The monoisotopic (exact) mass is 151 g/mol. The van der Waals surface area contributed by atoms with Crippen LogP contribution >= 0.6 is 11.8 Å². The average molecular weight is 151 g/mol. The van der Waals surface area contributed by atoms with Crippen molar-refractivity contribution in [1.82, 2.24) is 0 Å². The summed E-state index contributed by atoms with van der Waals surface area (Å²) in [4.78, 5) is 0. The summed E-state index contributed by atoms with van der Waals surface area (Å²) in [5.41, 5.74) is 0. The lowest BCUT2D eigenvalue weighted by Gasteiger charge is -1.89. The van der Waals surface area contributed by atoms with Crippen LogP contribution in [0.15, 0.2) is 12.2 Å². The second kappa shape index (κ2) is 6.08. The van der Waals surface area contributed by atoms with E-state index in [1.165, 1.54) is 0 Å². The molecule has 0 saturated heterocycles. The molecule has 1 radical (unpaired) electrons. The number of thioether (sulfide) groups is 1. The van der Waals surface area contributed by atoms with E-state index in [2.05, 4.69) is 0 Å². The minimum Gasteiger partial charge on any atom is -0.174 e. The molecule has 0 amide bonds. The molecule has 3 heteroatoms. The molecule has 0 unspecified atom stereocenters. The quantitative estimate of drug-likeness (QED) is 0.556. The highest BCUT2D eigenvalue weighted by Gasteiger charge is 1.86. The van der Waals surface area contributed by atoms with Crippen molar-refractivity contribution < 1.29 is 8.78 Å². The first-order chi connectivity index (χ1) is 4.27. The number of halogens is 2. The van der Waals surface area contributed by atoms with Gasteiger partial charge in [0.2, 0.25) is 0 Å². The van der Waals surface area contributed by atoms with Gasteiger partial charge in [-0.25, -0.2) is 0 Å². The van der Waals surface area contributed by atoms with Crippen LogP contribution in [0.2, 0.25) is 0 Å². The molecule has 0 aliphatic carbocycles. The zero-order valence-corrected chi connectivity index (χ0v) is 6.05. The summed E-state index contributed by atoms with van der Waals surface area (Å²) in [5, 5.41) is 0. The Balaban J connectivity index is 3.00. The molecule has 53 valence electrons. The van der Waals surface area contributed by atoms with Crippen molar-refractivity contribution in [2.45, 2.75) is 13.3 Å². The van der Waals surface area contributed by atoms with Gasteiger partial charge in [0.1, 0.15) is 0 Å². The van der Waals surface area contributed by atoms with Crippen molar-refractivity contribution in [2.75, 3.05) is 5.75 Å². The molecular formula is C6H9F2S. The molecule has 0 saturated carbocycles. The van der Waals surface area contributed by atoms with E-state index in [1.807, 2.05) is 12.7 Å². The highest BCUT2D eigenvalue weighted by molar-refractivity contribution is 8.01. The third-order valence-electron chi connectivity index (χ3n) is 0.701. The minimum atomic E-state index is -1.58. The Kier molecular flexibility index (Phi) is 6.04. The molecule has 0 spiro atoms. The Morgan fingerprint density at radius 1 is 1.56 bits per heavy atom. The standard InChI is InChI=1S/C6H9F2S/c1-2-9-5-3-4-6(7)8/h2,4H,3,5H2,1H3. The lowest BCUT2D eigenvalue weighted by Crippen LogP contribution is -1.72. The van der Waals surface area contributed by atoms with Crippen LogP contribution in [0, 0.1) is 5.75 Å². The van der Waals surface area contributed by atoms with Crippen LogP contribution in [0.1, 0.15) is 13.3 Å². The first kappa shape index (κ1) is 8.95. The van der Waals surface area contributed by atoms with Crippen LogP contribution < -0.4 is 0 Å². The predicted molar refractivity (Wildman–Crippen MR) is 37.3 cm³/mol. The number of rotatable bonds is 4. The van der Waals surface area contributed by atoms with Crippen molar-refractivity contribution in [3.05, 3.63) is 17.9 Å². The molecule has 0 heterocycles. The summed E-state index contributed by atoms with van der Waals surface area (Å²) in [5.74, 6) is 2.64. The van der Waals surface area contributed by atoms with Crippen molar-refractivity contribution >= 4 is 11.8 Å². The number of hydrogen-bond acceptors (Lipinski definition) is 1. The number of hydrogen-bond donors (Lipinski definition) is 0. The van der Waals surface area contributed by atoms with Gasteiger partial charge in [0, 0.05) is 5.75 Å². The normalized spacial score (nSPS) is 9.22. The Morgan fingerprint density at radius 2 is 2.22 bits per heavy atom. The van der Waals surface area contributed by atoms with Crippen LogP contribution in [-0.2, 0) is 0 Å². The first-order valence-corrected chi connectivity index (χ1v) is 3.73. The van der Waals surface area contributed by atoms with E-state index in [0.717, 1.165) is 11.8 Å². The second-order valence-corrected chi connectivity index (χ2v) is 2.60. The van der Waals surface area contributed by atoms with Gasteiger partial charge in [-0.05, 0) is 18.2 Å².